The van der Waals surface area contributed by atoms with Crippen LogP contribution >= 0.6 is 11.3 Å². The fraction of sp³-hybridized carbons (Fsp3) is 0.522. The Morgan fingerprint density at radius 3 is 2.69 bits per heavy atom. The van der Waals surface area contributed by atoms with E-state index < -0.39 is 0 Å². The van der Waals surface area contributed by atoms with Crippen molar-refractivity contribution in [3.63, 3.8) is 0 Å². The molecule has 0 radical (unpaired) electrons. The second-order valence-corrected chi connectivity index (χ2v) is 8.87. The quantitative estimate of drug-likeness (QED) is 0.513. The predicted molar refractivity (Wildman–Crippen MR) is 122 cm³/mol. The molecule has 9 heteroatoms. The molecule has 0 aliphatic carbocycles. The van der Waals surface area contributed by atoms with Crippen LogP contribution in [0.25, 0.3) is 4.96 Å². The third kappa shape index (κ3) is 4.45. The fourth-order valence-corrected chi connectivity index (χ4v) is 5.39. The molecular formula is C23H30N4O4S. The zero-order valence-corrected chi connectivity index (χ0v) is 19.6. The second-order valence-electron chi connectivity index (χ2n) is 7.86. The Bertz CT molecular complexity index is 1060. The number of piperidine rings is 1. The number of hydrogen-bond donors (Lipinski definition) is 1. The van der Waals surface area contributed by atoms with E-state index in [1.807, 2.05) is 45.0 Å². The van der Waals surface area contributed by atoms with Crippen molar-refractivity contribution in [3.8, 4) is 11.6 Å². The number of aromatic hydroxyl groups is 1. The zero-order chi connectivity index (χ0) is 22.7. The third-order valence-corrected chi connectivity index (χ3v) is 6.83. The summed E-state index contributed by atoms with van der Waals surface area (Å²) in [6.45, 7) is 8.15. The molecule has 2 aromatic heterocycles. The first-order chi connectivity index (χ1) is 15.5. The van der Waals surface area contributed by atoms with E-state index in [-0.39, 0.29) is 23.8 Å². The highest BCUT2D eigenvalue weighted by Crippen LogP contribution is 2.41. The number of esters is 1. The van der Waals surface area contributed by atoms with Crippen LogP contribution < -0.4 is 4.74 Å². The number of likely N-dealkylation sites (tertiary alicyclic amines) is 1. The number of hydrogen-bond acceptors (Lipinski definition) is 8. The molecule has 1 aliphatic heterocycles. The molecule has 32 heavy (non-hydrogen) atoms. The summed E-state index contributed by atoms with van der Waals surface area (Å²) in [6.07, 6.45) is 2.41. The molecule has 0 spiro atoms. The normalized spacial score (nSPS) is 18.0. The van der Waals surface area contributed by atoms with Crippen LogP contribution in [0.2, 0.25) is 0 Å². The maximum absolute atomic E-state index is 12.5. The van der Waals surface area contributed by atoms with Gasteiger partial charge in [0.1, 0.15) is 5.75 Å². The van der Waals surface area contributed by atoms with E-state index >= 15 is 0 Å². The van der Waals surface area contributed by atoms with Gasteiger partial charge in [-0.25, -0.2) is 4.98 Å². The van der Waals surface area contributed by atoms with Crippen LogP contribution in [0, 0.1) is 5.92 Å². The van der Waals surface area contributed by atoms with Crippen LogP contribution in [-0.4, -0.2) is 56.9 Å². The van der Waals surface area contributed by atoms with Crippen molar-refractivity contribution in [2.24, 2.45) is 5.92 Å². The van der Waals surface area contributed by atoms with Crippen molar-refractivity contribution in [3.05, 3.63) is 40.5 Å². The van der Waals surface area contributed by atoms with E-state index in [1.54, 1.807) is 0 Å². The largest absolute Gasteiger partial charge is 0.494 e. The number of aryl methyl sites for hydroxylation is 1. The fourth-order valence-electron chi connectivity index (χ4n) is 4.25. The van der Waals surface area contributed by atoms with Gasteiger partial charge in [-0.15, -0.1) is 5.10 Å². The number of thiazole rings is 1. The molecule has 1 N–H and O–H groups in total. The molecule has 0 saturated carbocycles. The molecule has 3 heterocycles. The van der Waals surface area contributed by atoms with Crippen molar-refractivity contribution in [2.75, 3.05) is 26.3 Å². The first-order valence-electron chi connectivity index (χ1n) is 11.3. The van der Waals surface area contributed by atoms with Crippen molar-refractivity contribution in [1.82, 2.24) is 19.5 Å². The van der Waals surface area contributed by atoms with Crippen LogP contribution in [0.5, 0.6) is 11.6 Å². The average molecular weight is 459 g/mol. The summed E-state index contributed by atoms with van der Waals surface area (Å²) < 4.78 is 12.4. The standard InChI is InChI=1S/C23H30N4O4S/c1-4-18-24-23-27(25-18)21(28)20(32-23)19(15-9-11-17(12-10-15)30-5-2)26-13-7-8-16(14-26)22(29)31-6-3/h9-12,16,19,28H,4-8,13-14H2,1-3H3/t16-,19-/m1/s1. The molecule has 1 aromatic carbocycles. The van der Waals surface area contributed by atoms with Crippen LogP contribution in [0.4, 0.5) is 0 Å². The minimum absolute atomic E-state index is 0.106. The van der Waals surface area contributed by atoms with Gasteiger partial charge in [0.05, 0.1) is 30.1 Å². The summed E-state index contributed by atoms with van der Waals surface area (Å²) in [7, 11) is 0. The van der Waals surface area contributed by atoms with Crippen molar-refractivity contribution in [2.45, 2.75) is 46.1 Å². The van der Waals surface area contributed by atoms with Gasteiger partial charge in [0.25, 0.3) is 0 Å². The van der Waals surface area contributed by atoms with Crippen molar-refractivity contribution >= 4 is 22.3 Å². The number of rotatable bonds is 8. The number of carbonyl (C=O) groups is 1. The highest BCUT2D eigenvalue weighted by molar-refractivity contribution is 7.17. The van der Waals surface area contributed by atoms with Gasteiger partial charge in [-0.3, -0.25) is 9.69 Å². The summed E-state index contributed by atoms with van der Waals surface area (Å²) in [6, 6.07) is 7.72. The Morgan fingerprint density at radius 2 is 2.03 bits per heavy atom. The predicted octanol–water partition coefficient (Wildman–Crippen LogP) is 3.82. The number of ether oxygens (including phenoxy) is 2. The van der Waals surface area contributed by atoms with Gasteiger partial charge in [-0.2, -0.15) is 4.52 Å². The molecule has 0 amide bonds. The molecule has 0 bridgehead atoms. The van der Waals surface area contributed by atoms with Crippen LogP contribution in [-0.2, 0) is 16.0 Å². The number of nitrogens with zero attached hydrogens (tertiary/aromatic N) is 4. The smallest absolute Gasteiger partial charge is 0.310 e. The molecular weight excluding hydrogens is 428 g/mol. The summed E-state index contributed by atoms with van der Waals surface area (Å²) in [5.74, 6) is 1.29. The molecule has 172 valence electrons. The Labute approximate surface area is 191 Å². The van der Waals surface area contributed by atoms with Gasteiger partial charge in [0.2, 0.25) is 10.8 Å². The van der Waals surface area contributed by atoms with Crippen LogP contribution in [0.1, 0.15) is 55.9 Å². The molecule has 8 nitrogen and oxygen atoms in total. The van der Waals surface area contributed by atoms with Gasteiger partial charge in [0.15, 0.2) is 5.82 Å². The molecule has 1 fully saturated rings. The molecule has 4 rings (SSSR count). The number of fused-ring (bicyclic) bond motifs is 1. The molecule has 2 atom stereocenters. The van der Waals surface area contributed by atoms with Crippen molar-refractivity contribution < 1.29 is 19.4 Å². The highest BCUT2D eigenvalue weighted by atomic mass is 32.1. The average Bonchev–Trinajstić information content (AvgIpc) is 3.35. The van der Waals surface area contributed by atoms with E-state index in [9.17, 15) is 9.90 Å². The summed E-state index contributed by atoms with van der Waals surface area (Å²) in [5.41, 5.74) is 1.02. The Morgan fingerprint density at radius 1 is 1.25 bits per heavy atom. The van der Waals surface area contributed by atoms with Gasteiger partial charge in [0, 0.05) is 13.0 Å². The van der Waals surface area contributed by atoms with Crippen LogP contribution in [0.3, 0.4) is 0 Å². The minimum Gasteiger partial charge on any atom is -0.494 e. The first kappa shape index (κ1) is 22.5. The van der Waals surface area contributed by atoms with E-state index in [4.69, 9.17) is 9.47 Å². The Hall–Kier alpha value is -2.65. The zero-order valence-electron chi connectivity index (χ0n) is 18.8. The van der Waals surface area contributed by atoms with Crippen molar-refractivity contribution in [1.29, 1.82) is 0 Å². The van der Waals surface area contributed by atoms with Gasteiger partial charge < -0.3 is 14.6 Å². The van der Waals surface area contributed by atoms with Gasteiger partial charge >= 0.3 is 5.97 Å². The maximum Gasteiger partial charge on any atom is 0.310 e. The Balaban J connectivity index is 1.72. The third-order valence-electron chi connectivity index (χ3n) is 5.75. The Kier molecular flexibility index (Phi) is 6.95. The summed E-state index contributed by atoms with van der Waals surface area (Å²) >= 11 is 1.44. The molecule has 1 saturated heterocycles. The second kappa shape index (κ2) is 9.87. The van der Waals surface area contributed by atoms with E-state index in [0.717, 1.165) is 35.6 Å². The molecule has 0 unspecified atom stereocenters. The summed E-state index contributed by atoms with van der Waals surface area (Å²) in [4.78, 5) is 20.7. The number of carbonyl (C=O) groups excluding carboxylic acids is 1. The van der Waals surface area contributed by atoms with E-state index in [1.165, 1.54) is 15.9 Å². The topological polar surface area (TPSA) is 89.2 Å². The number of aromatic nitrogens is 3. The molecule has 3 aromatic rings. The number of benzene rings is 1. The van der Waals surface area contributed by atoms with Gasteiger partial charge in [-0.05, 0) is 50.9 Å². The molecule has 1 aliphatic rings. The minimum atomic E-state index is -0.221. The lowest BCUT2D eigenvalue weighted by Gasteiger charge is -2.37. The maximum atomic E-state index is 12.5. The lowest BCUT2D eigenvalue weighted by Crippen LogP contribution is -2.41. The van der Waals surface area contributed by atoms with Crippen LogP contribution in [0.15, 0.2) is 24.3 Å². The highest BCUT2D eigenvalue weighted by Gasteiger charge is 2.35. The monoisotopic (exact) mass is 458 g/mol. The first-order valence-corrected chi connectivity index (χ1v) is 12.1. The lowest BCUT2D eigenvalue weighted by molar-refractivity contribution is -0.150. The van der Waals surface area contributed by atoms with E-state index in [0.29, 0.717) is 37.0 Å². The SMILES string of the molecule is CCOC(=O)[C@@H]1CCCN([C@H](c2ccc(OCC)cc2)c2sc3nc(CC)nn3c2O)C1. The van der Waals surface area contributed by atoms with E-state index in [2.05, 4.69) is 15.0 Å². The lowest BCUT2D eigenvalue weighted by atomic mass is 9.94. The summed E-state index contributed by atoms with van der Waals surface area (Å²) in [5, 5.41) is 15.5. The van der Waals surface area contributed by atoms with Gasteiger partial charge in [-0.1, -0.05) is 30.4 Å².